The molecule has 1 aliphatic rings. The van der Waals surface area contributed by atoms with E-state index in [1.807, 2.05) is 0 Å². The van der Waals surface area contributed by atoms with Gasteiger partial charge in [0.2, 0.25) is 0 Å². The van der Waals surface area contributed by atoms with Crippen molar-refractivity contribution in [1.29, 1.82) is 0 Å². The quantitative estimate of drug-likeness (QED) is 0.866. The van der Waals surface area contributed by atoms with Crippen LogP contribution in [0.5, 0.6) is 5.75 Å². The molecule has 1 aromatic carbocycles. The minimum absolute atomic E-state index is 0.479. The van der Waals surface area contributed by atoms with Gasteiger partial charge in [-0.1, -0.05) is 0 Å². The number of aliphatic hydroxyl groups is 1. The summed E-state index contributed by atoms with van der Waals surface area (Å²) in [4.78, 5) is 16.1. The molecular formula is C12H15NO5. The van der Waals surface area contributed by atoms with Crippen molar-refractivity contribution in [3.63, 3.8) is 0 Å². The predicted molar refractivity (Wildman–Crippen MR) is 63.0 cm³/mol. The first kappa shape index (κ1) is 12.7. The number of nitrogens with zero attached hydrogens (tertiary/aromatic N) is 1. The highest BCUT2D eigenvalue weighted by Crippen LogP contribution is 2.41. The van der Waals surface area contributed by atoms with Gasteiger partial charge in [-0.05, 0) is 18.2 Å². The van der Waals surface area contributed by atoms with E-state index in [0.29, 0.717) is 17.0 Å². The van der Waals surface area contributed by atoms with Crippen LogP contribution >= 0.6 is 0 Å². The molecule has 98 valence electrons. The van der Waals surface area contributed by atoms with Gasteiger partial charge >= 0.3 is 5.97 Å². The van der Waals surface area contributed by atoms with Gasteiger partial charge in [-0.25, -0.2) is 0 Å². The summed E-state index contributed by atoms with van der Waals surface area (Å²) in [5.41, 5.74) is 1.19. The van der Waals surface area contributed by atoms with Crippen LogP contribution in [0.1, 0.15) is 18.6 Å². The fraction of sp³-hybridized carbons (Fsp3) is 0.417. The first-order valence-corrected chi connectivity index (χ1v) is 5.45. The number of carbonyl (C=O) groups excluding carboxylic acids is 1. The van der Waals surface area contributed by atoms with E-state index in [9.17, 15) is 9.90 Å². The van der Waals surface area contributed by atoms with E-state index in [1.165, 1.54) is 19.1 Å². The Morgan fingerprint density at radius 2 is 2.11 bits per heavy atom. The van der Waals surface area contributed by atoms with Gasteiger partial charge in [-0.15, -0.1) is 0 Å². The Morgan fingerprint density at radius 1 is 1.39 bits per heavy atom. The van der Waals surface area contributed by atoms with Crippen LogP contribution < -0.4 is 9.80 Å². The zero-order valence-corrected chi connectivity index (χ0v) is 10.4. The summed E-state index contributed by atoms with van der Waals surface area (Å²) in [5.74, 6) is 0.139. The van der Waals surface area contributed by atoms with Crippen LogP contribution in [0.3, 0.4) is 0 Å². The summed E-state index contributed by atoms with van der Waals surface area (Å²) < 4.78 is 10.2. The third-order valence-corrected chi connectivity index (χ3v) is 2.76. The van der Waals surface area contributed by atoms with Gasteiger partial charge in [0, 0.05) is 19.6 Å². The summed E-state index contributed by atoms with van der Waals surface area (Å²) in [6.07, 6.45) is -1.66. The zero-order chi connectivity index (χ0) is 13.3. The van der Waals surface area contributed by atoms with Crippen LogP contribution in [-0.4, -0.2) is 31.5 Å². The van der Waals surface area contributed by atoms with Crippen molar-refractivity contribution < 1.29 is 24.2 Å². The Morgan fingerprint density at radius 3 is 2.67 bits per heavy atom. The highest BCUT2D eigenvalue weighted by atomic mass is 16.7. The molecular weight excluding hydrogens is 238 g/mol. The van der Waals surface area contributed by atoms with Crippen molar-refractivity contribution in [2.45, 2.75) is 19.3 Å². The number of benzene rings is 1. The van der Waals surface area contributed by atoms with Gasteiger partial charge in [-0.3, -0.25) is 4.79 Å². The van der Waals surface area contributed by atoms with Gasteiger partial charge in [-0.2, -0.15) is 5.06 Å². The Kier molecular flexibility index (Phi) is 3.40. The standard InChI is InChI=1S/C12H15NO5/c1-7(14)18-13-10-5-4-8(16-2)6-9(10)11(15)12(13)17-3/h4-6,11-12,15H,1-3H3/t11-,12+/m0/s1. The monoisotopic (exact) mass is 253 g/mol. The number of hydroxylamine groups is 1. The third-order valence-electron chi connectivity index (χ3n) is 2.76. The molecule has 1 N–H and O–H groups in total. The lowest BCUT2D eigenvalue weighted by Gasteiger charge is -2.24. The van der Waals surface area contributed by atoms with Crippen LogP contribution in [0.15, 0.2) is 18.2 Å². The van der Waals surface area contributed by atoms with E-state index < -0.39 is 18.3 Å². The molecule has 0 spiro atoms. The number of anilines is 1. The molecule has 1 aliphatic heterocycles. The highest BCUT2D eigenvalue weighted by Gasteiger charge is 2.40. The van der Waals surface area contributed by atoms with E-state index in [2.05, 4.69) is 0 Å². The van der Waals surface area contributed by atoms with Crippen molar-refractivity contribution in [2.75, 3.05) is 19.3 Å². The normalized spacial score (nSPS) is 21.7. The Bertz CT molecular complexity index is 462. The Hall–Kier alpha value is -1.79. The van der Waals surface area contributed by atoms with Crippen LogP contribution in [-0.2, 0) is 14.4 Å². The lowest BCUT2D eigenvalue weighted by Crippen LogP contribution is -2.37. The molecule has 2 atom stereocenters. The maximum atomic E-state index is 11.1. The summed E-state index contributed by atoms with van der Waals surface area (Å²) >= 11 is 0. The molecule has 0 aromatic heterocycles. The van der Waals surface area contributed by atoms with E-state index in [1.54, 1.807) is 25.3 Å². The molecule has 0 saturated heterocycles. The topological polar surface area (TPSA) is 68.2 Å². The molecule has 0 bridgehead atoms. The number of carbonyl (C=O) groups is 1. The van der Waals surface area contributed by atoms with E-state index in [-0.39, 0.29) is 0 Å². The molecule has 0 aliphatic carbocycles. The molecule has 1 heterocycles. The smallest absolute Gasteiger partial charge is 0.329 e. The van der Waals surface area contributed by atoms with Gasteiger partial charge in [0.05, 0.1) is 12.8 Å². The number of ether oxygens (including phenoxy) is 2. The van der Waals surface area contributed by atoms with E-state index in [0.717, 1.165) is 0 Å². The van der Waals surface area contributed by atoms with Gasteiger partial charge in [0.25, 0.3) is 0 Å². The minimum Gasteiger partial charge on any atom is -0.497 e. The molecule has 0 radical (unpaired) electrons. The van der Waals surface area contributed by atoms with Crippen LogP contribution in [0.2, 0.25) is 0 Å². The number of hydrogen-bond acceptors (Lipinski definition) is 6. The number of fused-ring (bicyclic) bond motifs is 1. The third kappa shape index (κ3) is 2.00. The highest BCUT2D eigenvalue weighted by molar-refractivity contribution is 5.70. The van der Waals surface area contributed by atoms with Crippen molar-refractivity contribution in [3.8, 4) is 5.75 Å². The second-order valence-electron chi connectivity index (χ2n) is 3.90. The maximum absolute atomic E-state index is 11.1. The molecule has 2 rings (SSSR count). The Balaban J connectivity index is 2.41. The van der Waals surface area contributed by atoms with Crippen LogP contribution in [0.25, 0.3) is 0 Å². The first-order chi connectivity index (χ1) is 8.58. The summed E-state index contributed by atoms with van der Waals surface area (Å²) in [6, 6.07) is 5.12. The first-order valence-electron chi connectivity index (χ1n) is 5.45. The predicted octanol–water partition coefficient (Wildman–Crippen LogP) is 0.999. The summed E-state index contributed by atoms with van der Waals surface area (Å²) in [7, 11) is 2.98. The molecule has 0 saturated carbocycles. The fourth-order valence-corrected chi connectivity index (χ4v) is 1.98. The second-order valence-corrected chi connectivity index (χ2v) is 3.90. The summed E-state index contributed by atoms with van der Waals surface area (Å²) in [5, 5.41) is 11.4. The van der Waals surface area contributed by atoms with Crippen molar-refractivity contribution in [2.24, 2.45) is 0 Å². The largest absolute Gasteiger partial charge is 0.497 e. The number of methoxy groups -OCH3 is 2. The zero-order valence-electron chi connectivity index (χ0n) is 10.4. The van der Waals surface area contributed by atoms with Crippen LogP contribution in [0.4, 0.5) is 5.69 Å². The van der Waals surface area contributed by atoms with Crippen molar-refractivity contribution in [1.82, 2.24) is 0 Å². The molecule has 1 aromatic rings. The van der Waals surface area contributed by atoms with Gasteiger partial charge in [0.1, 0.15) is 11.9 Å². The van der Waals surface area contributed by atoms with Crippen LogP contribution in [0, 0.1) is 0 Å². The SMILES string of the molecule is COc1ccc2c(c1)[C@H](O)[C@@H](OC)N2OC(C)=O. The van der Waals surface area contributed by atoms with E-state index >= 15 is 0 Å². The molecule has 6 nitrogen and oxygen atoms in total. The lowest BCUT2D eigenvalue weighted by atomic mass is 10.1. The van der Waals surface area contributed by atoms with Gasteiger partial charge in [0.15, 0.2) is 6.23 Å². The van der Waals surface area contributed by atoms with Crippen molar-refractivity contribution in [3.05, 3.63) is 23.8 Å². The Labute approximate surface area is 105 Å². The second kappa shape index (κ2) is 4.83. The molecule has 0 amide bonds. The molecule has 0 unspecified atom stereocenters. The molecule has 18 heavy (non-hydrogen) atoms. The van der Waals surface area contributed by atoms with Gasteiger partial charge < -0.3 is 19.4 Å². The number of aliphatic hydroxyl groups excluding tert-OH is 1. The molecule has 6 heteroatoms. The average Bonchev–Trinajstić information content (AvgIpc) is 2.61. The minimum atomic E-state index is -0.903. The van der Waals surface area contributed by atoms with E-state index in [4.69, 9.17) is 14.3 Å². The number of rotatable bonds is 3. The number of hydrogen-bond donors (Lipinski definition) is 1. The maximum Gasteiger partial charge on any atom is 0.329 e. The van der Waals surface area contributed by atoms with Crippen molar-refractivity contribution >= 4 is 11.7 Å². The fourth-order valence-electron chi connectivity index (χ4n) is 1.98. The summed E-state index contributed by atoms with van der Waals surface area (Å²) in [6.45, 7) is 1.29. The molecule has 0 fully saturated rings. The average molecular weight is 253 g/mol. The lowest BCUT2D eigenvalue weighted by molar-refractivity contribution is -0.150.